The highest BCUT2D eigenvalue weighted by Crippen LogP contribution is 2.60. The van der Waals surface area contributed by atoms with E-state index in [0.717, 1.165) is 25.0 Å². The minimum Gasteiger partial charge on any atom is -0.544 e. The number of fused-ring (bicyclic) bond motifs is 5. The van der Waals surface area contributed by atoms with Crippen molar-refractivity contribution in [1.29, 1.82) is 0 Å². The predicted octanol–water partition coefficient (Wildman–Crippen LogP) is 6.16. The van der Waals surface area contributed by atoms with Gasteiger partial charge in [-0.25, -0.2) is 0 Å². The van der Waals surface area contributed by atoms with Crippen LogP contribution in [0.4, 0.5) is 0 Å². The van der Waals surface area contributed by atoms with Gasteiger partial charge in [0.25, 0.3) is 0 Å². The fourth-order valence-electron chi connectivity index (χ4n) is 6.35. The van der Waals surface area contributed by atoms with E-state index in [0.29, 0.717) is 30.0 Å². The topological polar surface area (TPSA) is 35.5 Å². The SMILES string of the molecule is CC12CCC3c4ccc(O[Si](C)(C)C)cc4CCC3C1C(O[Si](C)(C)C)CC2=O. The van der Waals surface area contributed by atoms with Crippen LogP contribution < -0.4 is 4.43 Å². The first-order chi connectivity index (χ1) is 13.4. The molecule has 1 aromatic rings. The van der Waals surface area contributed by atoms with Gasteiger partial charge in [0.05, 0.1) is 6.10 Å². The molecule has 3 nitrogen and oxygen atoms in total. The van der Waals surface area contributed by atoms with Crippen LogP contribution in [-0.4, -0.2) is 28.5 Å². The summed E-state index contributed by atoms with van der Waals surface area (Å²) in [4.78, 5) is 13.0. The molecule has 2 saturated carbocycles. The van der Waals surface area contributed by atoms with Crippen LogP contribution in [-0.2, 0) is 15.6 Å². The summed E-state index contributed by atoms with van der Waals surface area (Å²) >= 11 is 0. The normalized spacial score (nSPS) is 34.4. The molecule has 29 heavy (non-hydrogen) atoms. The van der Waals surface area contributed by atoms with Crippen molar-refractivity contribution in [1.82, 2.24) is 0 Å². The Morgan fingerprint density at radius 2 is 1.76 bits per heavy atom. The first-order valence-electron chi connectivity index (χ1n) is 11.4. The van der Waals surface area contributed by atoms with Gasteiger partial charge in [0, 0.05) is 11.8 Å². The summed E-state index contributed by atoms with van der Waals surface area (Å²) in [7, 11) is -3.28. The van der Waals surface area contributed by atoms with E-state index in [1.807, 2.05) is 0 Å². The lowest BCUT2D eigenvalue weighted by atomic mass is 9.55. The fourth-order valence-corrected chi connectivity index (χ4v) is 8.32. The second-order valence-electron chi connectivity index (χ2n) is 11.8. The third-order valence-electron chi connectivity index (χ3n) is 7.30. The molecule has 0 spiro atoms. The third-order valence-corrected chi connectivity index (χ3v) is 9.16. The monoisotopic (exact) mass is 430 g/mol. The average molecular weight is 431 g/mol. The number of rotatable bonds is 4. The van der Waals surface area contributed by atoms with Crippen LogP contribution >= 0.6 is 0 Å². The number of carbonyl (C=O) groups excluding carboxylic acids is 1. The summed E-state index contributed by atoms with van der Waals surface area (Å²) in [6.45, 7) is 15.7. The molecule has 0 radical (unpaired) electrons. The zero-order valence-electron chi connectivity index (χ0n) is 19.3. The fraction of sp³-hybridized carbons (Fsp3) is 0.708. The molecule has 0 N–H and O–H groups in total. The number of hydrogen-bond acceptors (Lipinski definition) is 3. The van der Waals surface area contributed by atoms with Crippen LogP contribution in [0, 0.1) is 17.3 Å². The highest BCUT2D eigenvalue weighted by atomic mass is 28.4. The number of Topliss-reactive ketones (excluding diaryl/α,β-unsaturated/α-hetero) is 1. The molecule has 3 aliphatic rings. The van der Waals surface area contributed by atoms with E-state index in [-0.39, 0.29) is 11.5 Å². The van der Waals surface area contributed by atoms with E-state index in [1.165, 1.54) is 17.5 Å². The van der Waals surface area contributed by atoms with Crippen molar-refractivity contribution in [2.75, 3.05) is 0 Å². The minimum atomic E-state index is -1.68. The van der Waals surface area contributed by atoms with Gasteiger partial charge in [0.2, 0.25) is 8.32 Å². The third kappa shape index (κ3) is 4.02. The standard InChI is InChI=1S/C24H38O3Si2/c1-24-13-12-19-18-11-9-17(26-28(2,3)4)14-16(18)8-10-20(19)23(24)21(15-22(24)25)27-29(5,6)7/h9,11,14,19-21,23H,8,10,12-13,15H2,1-7H3. The van der Waals surface area contributed by atoms with Gasteiger partial charge >= 0.3 is 0 Å². The van der Waals surface area contributed by atoms with E-state index in [2.05, 4.69) is 64.4 Å². The summed E-state index contributed by atoms with van der Waals surface area (Å²) in [5.41, 5.74) is 2.80. The molecule has 0 aromatic heterocycles. The summed E-state index contributed by atoms with van der Waals surface area (Å²) in [6, 6.07) is 6.81. The van der Waals surface area contributed by atoms with E-state index in [4.69, 9.17) is 8.85 Å². The summed E-state index contributed by atoms with van der Waals surface area (Å²) in [6.07, 6.45) is 5.17. The second-order valence-corrected chi connectivity index (χ2v) is 20.7. The first kappa shape index (κ1) is 21.3. The largest absolute Gasteiger partial charge is 0.544 e. The van der Waals surface area contributed by atoms with E-state index >= 15 is 0 Å². The van der Waals surface area contributed by atoms with Crippen LogP contribution in [0.15, 0.2) is 18.2 Å². The summed E-state index contributed by atoms with van der Waals surface area (Å²) < 4.78 is 12.9. The molecule has 160 valence electrons. The highest BCUT2D eigenvalue weighted by molar-refractivity contribution is 6.70. The number of aryl methyl sites for hydroxylation is 1. The maximum atomic E-state index is 13.0. The van der Waals surface area contributed by atoms with Gasteiger partial charge in [-0.3, -0.25) is 4.79 Å². The molecule has 4 rings (SSSR count). The van der Waals surface area contributed by atoms with E-state index in [9.17, 15) is 4.79 Å². The highest BCUT2D eigenvalue weighted by Gasteiger charge is 2.59. The van der Waals surface area contributed by atoms with Crippen LogP contribution in [0.2, 0.25) is 39.3 Å². The Bertz CT molecular complexity index is 807. The molecular weight excluding hydrogens is 392 g/mol. The Kier molecular flexibility index (Phi) is 5.19. The number of benzene rings is 1. The number of ketones is 1. The molecule has 0 bridgehead atoms. The Balaban J connectivity index is 1.64. The summed E-state index contributed by atoms with van der Waals surface area (Å²) in [5.74, 6) is 3.01. The van der Waals surface area contributed by atoms with Gasteiger partial charge in [-0.1, -0.05) is 13.0 Å². The molecule has 5 unspecified atom stereocenters. The average Bonchev–Trinajstić information content (AvgIpc) is 2.81. The molecule has 2 fully saturated rings. The lowest BCUT2D eigenvalue weighted by Gasteiger charge is -2.50. The second kappa shape index (κ2) is 7.06. The van der Waals surface area contributed by atoms with Crippen LogP contribution in [0.25, 0.3) is 0 Å². The molecule has 0 aliphatic heterocycles. The lowest BCUT2D eigenvalue weighted by Crippen LogP contribution is -2.47. The summed E-state index contributed by atoms with van der Waals surface area (Å²) in [5, 5.41) is 0. The van der Waals surface area contributed by atoms with Crippen LogP contribution in [0.1, 0.15) is 49.7 Å². The Labute approximate surface area is 178 Å². The van der Waals surface area contributed by atoms with E-state index in [1.54, 1.807) is 0 Å². The Hall–Kier alpha value is -0.916. The molecule has 1 aromatic carbocycles. The first-order valence-corrected chi connectivity index (χ1v) is 18.2. The predicted molar refractivity (Wildman–Crippen MR) is 124 cm³/mol. The van der Waals surface area contributed by atoms with Gasteiger partial charge in [0.15, 0.2) is 8.32 Å². The molecule has 5 heteroatoms. The van der Waals surface area contributed by atoms with Gasteiger partial charge in [0.1, 0.15) is 11.5 Å². The quantitative estimate of drug-likeness (QED) is 0.537. The number of hydrogen-bond donors (Lipinski definition) is 0. The van der Waals surface area contributed by atoms with Crippen molar-refractivity contribution in [3.8, 4) is 5.75 Å². The smallest absolute Gasteiger partial charge is 0.242 e. The van der Waals surface area contributed by atoms with Crippen molar-refractivity contribution in [3.05, 3.63) is 29.3 Å². The molecule has 0 heterocycles. The van der Waals surface area contributed by atoms with Crippen LogP contribution in [0.5, 0.6) is 5.75 Å². The van der Waals surface area contributed by atoms with Gasteiger partial charge in [-0.05, 0) is 106 Å². The van der Waals surface area contributed by atoms with Crippen LogP contribution in [0.3, 0.4) is 0 Å². The Morgan fingerprint density at radius 3 is 2.41 bits per heavy atom. The zero-order chi connectivity index (χ0) is 21.2. The van der Waals surface area contributed by atoms with Crippen molar-refractivity contribution in [2.45, 2.75) is 90.3 Å². The molecular formula is C24H38O3Si2. The van der Waals surface area contributed by atoms with Gasteiger partial charge in [-0.15, -0.1) is 0 Å². The molecule has 5 atom stereocenters. The zero-order valence-corrected chi connectivity index (χ0v) is 21.3. The van der Waals surface area contributed by atoms with E-state index < -0.39 is 16.6 Å². The maximum Gasteiger partial charge on any atom is 0.242 e. The van der Waals surface area contributed by atoms with Gasteiger partial charge in [-0.2, -0.15) is 0 Å². The molecule has 0 amide bonds. The van der Waals surface area contributed by atoms with Crippen molar-refractivity contribution >= 4 is 22.4 Å². The molecule has 3 aliphatic carbocycles. The van der Waals surface area contributed by atoms with Crippen molar-refractivity contribution in [2.24, 2.45) is 17.3 Å². The lowest BCUT2D eigenvalue weighted by molar-refractivity contribution is -0.129. The van der Waals surface area contributed by atoms with Crippen molar-refractivity contribution in [3.63, 3.8) is 0 Å². The Morgan fingerprint density at radius 1 is 1.03 bits per heavy atom. The molecule has 0 saturated heterocycles. The van der Waals surface area contributed by atoms with Gasteiger partial charge < -0.3 is 8.85 Å². The minimum absolute atomic E-state index is 0.128. The maximum absolute atomic E-state index is 13.0. The van der Waals surface area contributed by atoms with Crippen molar-refractivity contribution < 1.29 is 13.6 Å². The number of carbonyl (C=O) groups is 1.